The lowest BCUT2D eigenvalue weighted by Crippen LogP contribution is -2.29. The van der Waals surface area contributed by atoms with Crippen LogP contribution in [0.5, 0.6) is 5.75 Å². The normalized spacial score (nSPS) is 16.8. The molecule has 1 aliphatic rings. The zero-order chi connectivity index (χ0) is 26.0. The number of carbonyl (C=O) groups is 3. The van der Waals surface area contributed by atoms with Gasteiger partial charge >= 0.3 is 5.97 Å². The van der Waals surface area contributed by atoms with Crippen LogP contribution in [0.2, 0.25) is 0 Å². The van der Waals surface area contributed by atoms with Gasteiger partial charge in [0, 0.05) is 6.54 Å². The van der Waals surface area contributed by atoms with Crippen molar-refractivity contribution in [3.8, 4) is 5.75 Å². The van der Waals surface area contributed by atoms with Crippen molar-refractivity contribution >= 4 is 23.4 Å². The number of likely N-dealkylation sites (tertiary alicyclic amines) is 1. The number of Topliss-reactive ketones (excluding diaryl/α,β-unsaturated/α-hetero) is 1. The van der Waals surface area contributed by atoms with E-state index in [-0.39, 0.29) is 23.4 Å². The molecular weight excluding hydrogens is 465 g/mol. The molecule has 36 heavy (non-hydrogen) atoms. The number of methoxy groups -OCH3 is 2. The number of aryl methyl sites for hydroxylation is 1. The molecular formula is C28H24FNO6. The average Bonchev–Trinajstić information content (AvgIpc) is 3.13. The Morgan fingerprint density at radius 2 is 1.72 bits per heavy atom. The monoisotopic (exact) mass is 489 g/mol. The lowest BCUT2D eigenvalue weighted by atomic mass is 9.92. The molecule has 184 valence electrons. The van der Waals surface area contributed by atoms with Gasteiger partial charge in [-0.05, 0) is 53.9 Å². The number of ether oxygens (including phenoxy) is 2. The van der Waals surface area contributed by atoms with Crippen molar-refractivity contribution < 1.29 is 33.4 Å². The fraction of sp³-hybridized carbons (Fsp3) is 0.179. The van der Waals surface area contributed by atoms with E-state index in [0.29, 0.717) is 16.7 Å². The van der Waals surface area contributed by atoms with Gasteiger partial charge in [0.1, 0.15) is 17.3 Å². The summed E-state index contributed by atoms with van der Waals surface area (Å²) < 4.78 is 24.1. The minimum Gasteiger partial charge on any atom is -0.507 e. The first-order chi connectivity index (χ1) is 17.3. The smallest absolute Gasteiger partial charge is 0.337 e. The highest BCUT2D eigenvalue weighted by Crippen LogP contribution is 2.42. The SMILES string of the molecule is COC(=O)c1ccc(CN2C(=O)C(=O)/C(=C(/O)c3cc(F)ccc3OC)C2c2ccccc2C)cc1. The Morgan fingerprint density at radius 3 is 2.36 bits per heavy atom. The topological polar surface area (TPSA) is 93.1 Å². The van der Waals surface area contributed by atoms with Crippen molar-refractivity contribution in [2.45, 2.75) is 19.5 Å². The maximum atomic E-state index is 14.1. The van der Waals surface area contributed by atoms with Crippen LogP contribution in [0.4, 0.5) is 4.39 Å². The number of hydrogen-bond donors (Lipinski definition) is 1. The van der Waals surface area contributed by atoms with E-state index in [1.165, 1.54) is 31.3 Å². The maximum Gasteiger partial charge on any atom is 0.337 e. The fourth-order valence-electron chi connectivity index (χ4n) is 4.33. The lowest BCUT2D eigenvalue weighted by molar-refractivity contribution is -0.140. The Hall–Kier alpha value is -4.46. The number of halogens is 1. The maximum absolute atomic E-state index is 14.1. The third-order valence-corrected chi connectivity index (χ3v) is 6.17. The molecule has 7 nitrogen and oxygen atoms in total. The predicted molar refractivity (Wildman–Crippen MR) is 130 cm³/mol. The molecule has 1 atom stereocenters. The van der Waals surface area contributed by atoms with Gasteiger partial charge in [0.05, 0.1) is 37.0 Å². The second-order valence-electron chi connectivity index (χ2n) is 8.32. The largest absolute Gasteiger partial charge is 0.507 e. The highest BCUT2D eigenvalue weighted by molar-refractivity contribution is 6.46. The summed E-state index contributed by atoms with van der Waals surface area (Å²) in [6, 6.07) is 16.3. The standard InChI is InChI=1S/C28H24FNO6/c1-16-6-4-5-7-20(16)24-23(25(31)21-14-19(29)12-13-22(21)35-2)26(32)27(33)30(24)15-17-8-10-18(11-9-17)28(34)36-3/h4-14,24,31H,15H2,1-3H3/b25-23+. The molecule has 3 aromatic carbocycles. The van der Waals surface area contributed by atoms with Gasteiger partial charge in [-0.25, -0.2) is 9.18 Å². The van der Waals surface area contributed by atoms with E-state index in [4.69, 9.17) is 9.47 Å². The summed E-state index contributed by atoms with van der Waals surface area (Å²) in [6.45, 7) is 1.87. The number of benzene rings is 3. The summed E-state index contributed by atoms with van der Waals surface area (Å²) >= 11 is 0. The van der Waals surface area contributed by atoms with Crippen molar-refractivity contribution in [3.63, 3.8) is 0 Å². The zero-order valence-electron chi connectivity index (χ0n) is 19.9. The van der Waals surface area contributed by atoms with Gasteiger partial charge in [0.2, 0.25) is 0 Å². The van der Waals surface area contributed by atoms with Crippen LogP contribution < -0.4 is 4.74 Å². The van der Waals surface area contributed by atoms with Crippen LogP contribution in [-0.4, -0.2) is 41.9 Å². The molecule has 0 bridgehead atoms. The fourth-order valence-corrected chi connectivity index (χ4v) is 4.33. The second kappa shape index (κ2) is 10.0. The van der Waals surface area contributed by atoms with E-state index >= 15 is 0 Å². The molecule has 0 aromatic heterocycles. The van der Waals surface area contributed by atoms with E-state index in [9.17, 15) is 23.9 Å². The molecule has 8 heteroatoms. The Kier molecular flexibility index (Phi) is 6.87. The number of aliphatic hydroxyl groups excluding tert-OH is 1. The van der Waals surface area contributed by atoms with E-state index < -0.39 is 35.3 Å². The van der Waals surface area contributed by atoms with Crippen molar-refractivity contribution in [3.05, 3.63) is 106 Å². The molecule has 1 heterocycles. The number of esters is 1. The van der Waals surface area contributed by atoms with Crippen LogP contribution in [0.25, 0.3) is 5.76 Å². The van der Waals surface area contributed by atoms with Crippen molar-refractivity contribution in [2.75, 3.05) is 14.2 Å². The summed E-state index contributed by atoms with van der Waals surface area (Å²) in [5.41, 5.74) is 2.25. The van der Waals surface area contributed by atoms with Gasteiger partial charge in [0.25, 0.3) is 11.7 Å². The second-order valence-corrected chi connectivity index (χ2v) is 8.32. The van der Waals surface area contributed by atoms with Crippen LogP contribution in [0.3, 0.4) is 0 Å². The minimum absolute atomic E-state index is 0.0299. The number of rotatable bonds is 6. The molecule has 3 aromatic rings. The molecule has 1 saturated heterocycles. The summed E-state index contributed by atoms with van der Waals surface area (Å²) in [5, 5.41) is 11.3. The molecule has 1 aliphatic heterocycles. The average molecular weight is 489 g/mol. The molecule has 4 rings (SSSR count). The van der Waals surface area contributed by atoms with Crippen LogP contribution in [0.1, 0.15) is 38.7 Å². The predicted octanol–water partition coefficient (Wildman–Crippen LogP) is 4.55. The van der Waals surface area contributed by atoms with E-state index in [2.05, 4.69) is 0 Å². The van der Waals surface area contributed by atoms with Gasteiger partial charge < -0.3 is 19.5 Å². The van der Waals surface area contributed by atoms with Crippen molar-refractivity contribution in [1.82, 2.24) is 4.90 Å². The first kappa shape index (κ1) is 24.7. The van der Waals surface area contributed by atoms with E-state index in [1.807, 2.05) is 19.1 Å². The van der Waals surface area contributed by atoms with Gasteiger partial charge in [-0.1, -0.05) is 36.4 Å². The Labute approximate surface area is 207 Å². The number of nitrogens with zero attached hydrogens (tertiary/aromatic N) is 1. The number of aliphatic hydroxyl groups is 1. The Morgan fingerprint density at radius 1 is 1.03 bits per heavy atom. The molecule has 1 amide bonds. The minimum atomic E-state index is -0.931. The number of ketones is 1. The highest BCUT2D eigenvalue weighted by Gasteiger charge is 2.46. The summed E-state index contributed by atoms with van der Waals surface area (Å²) in [6.07, 6.45) is 0. The summed E-state index contributed by atoms with van der Waals surface area (Å²) in [7, 11) is 2.64. The summed E-state index contributed by atoms with van der Waals surface area (Å²) in [5.74, 6) is -3.20. The van der Waals surface area contributed by atoms with Crippen LogP contribution in [0.15, 0.2) is 72.3 Å². The van der Waals surface area contributed by atoms with Gasteiger partial charge in [0.15, 0.2) is 0 Å². The van der Waals surface area contributed by atoms with E-state index in [1.54, 1.807) is 36.4 Å². The molecule has 0 spiro atoms. The zero-order valence-corrected chi connectivity index (χ0v) is 19.9. The Balaban J connectivity index is 1.86. The number of amides is 1. The van der Waals surface area contributed by atoms with E-state index in [0.717, 1.165) is 11.6 Å². The number of hydrogen-bond acceptors (Lipinski definition) is 6. The van der Waals surface area contributed by atoms with Crippen LogP contribution in [-0.2, 0) is 20.9 Å². The van der Waals surface area contributed by atoms with Gasteiger partial charge in [-0.15, -0.1) is 0 Å². The quantitative estimate of drug-likeness (QED) is 0.236. The van der Waals surface area contributed by atoms with Gasteiger partial charge in [-0.2, -0.15) is 0 Å². The van der Waals surface area contributed by atoms with Crippen molar-refractivity contribution in [2.24, 2.45) is 0 Å². The lowest BCUT2D eigenvalue weighted by Gasteiger charge is -2.27. The highest BCUT2D eigenvalue weighted by atomic mass is 19.1. The molecule has 1 unspecified atom stereocenters. The first-order valence-electron chi connectivity index (χ1n) is 11.1. The molecule has 1 N–H and O–H groups in total. The van der Waals surface area contributed by atoms with Gasteiger partial charge in [-0.3, -0.25) is 9.59 Å². The molecule has 0 aliphatic carbocycles. The summed E-state index contributed by atoms with van der Waals surface area (Å²) in [4.78, 5) is 39.6. The van der Waals surface area contributed by atoms with Crippen molar-refractivity contribution in [1.29, 1.82) is 0 Å². The third-order valence-electron chi connectivity index (χ3n) is 6.17. The molecule has 0 radical (unpaired) electrons. The first-order valence-corrected chi connectivity index (χ1v) is 11.1. The Bertz CT molecular complexity index is 1380. The molecule has 1 fully saturated rings. The van der Waals surface area contributed by atoms with Crippen LogP contribution >= 0.6 is 0 Å². The number of carbonyl (C=O) groups excluding carboxylic acids is 3. The van der Waals surface area contributed by atoms with Crippen LogP contribution in [0, 0.1) is 12.7 Å². The third kappa shape index (κ3) is 4.45. The molecule has 0 saturated carbocycles.